The molecule has 0 saturated heterocycles. The normalized spacial score (nSPS) is 45.6. The van der Waals surface area contributed by atoms with Gasteiger partial charge >= 0.3 is 5.97 Å². The van der Waals surface area contributed by atoms with Gasteiger partial charge < -0.3 is 10.2 Å². The molecule has 0 radical (unpaired) electrons. The highest BCUT2D eigenvalue weighted by Gasteiger charge is 2.63. The molecule has 5 rings (SSSR count). The zero-order valence-electron chi connectivity index (χ0n) is 19.1. The zero-order chi connectivity index (χ0) is 22.9. The standard InChI is InChI=1S/C25H35FN2O4/c1-23(32)9-10-25(26)16(11-23)3-4-17-18-5-6-20(24(18,2)8-7-19(17)25)21(29)14-28-13-15(12-27-28)22(30)31/h12-13,16-20,32H,3-11,14H2,1-2H3,(H,30,31)/t16-,17+,18+,19+,20-,23-,24+,25-/m1/s1. The van der Waals surface area contributed by atoms with Crippen LogP contribution in [0.2, 0.25) is 0 Å². The molecule has 1 heterocycles. The number of nitrogens with zero attached hydrogens (tertiary/aromatic N) is 2. The number of alkyl halides is 1. The Morgan fingerprint density at radius 3 is 2.62 bits per heavy atom. The predicted octanol–water partition coefficient (Wildman–Crippen LogP) is 4.26. The molecule has 4 fully saturated rings. The van der Waals surface area contributed by atoms with Crippen molar-refractivity contribution >= 4 is 11.8 Å². The van der Waals surface area contributed by atoms with Crippen molar-refractivity contribution in [1.82, 2.24) is 9.78 Å². The molecule has 8 atom stereocenters. The van der Waals surface area contributed by atoms with Gasteiger partial charge in [0.2, 0.25) is 0 Å². The molecule has 32 heavy (non-hydrogen) atoms. The second-order valence-electron chi connectivity index (χ2n) is 11.7. The van der Waals surface area contributed by atoms with E-state index >= 15 is 4.39 Å². The molecular weight excluding hydrogens is 411 g/mol. The largest absolute Gasteiger partial charge is 0.478 e. The lowest BCUT2D eigenvalue weighted by Gasteiger charge is -2.59. The number of ketones is 1. The first-order chi connectivity index (χ1) is 15.0. The number of carboxylic acid groups (broad SMARTS) is 1. The molecule has 1 aromatic heterocycles. The van der Waals surface area contributed by atoms with Crippen LogP contribution in [-0.2, 0) is 11.3 Å². The molecule has 0 spiro atoms. The van der Waals surface area contributed by atoms with Crippen molar-refractivity contribution < 1.29 is 24.2 Å². The number of aromatic carboxylic acids is 1. The average molecular weight is 447 g/mol. The summed E-state index contributed by atoms with van der Waals surface area (Å²) in [6.45, 7) is 4.18. The van der Waals surface area contributed by atoms with E-state index in [1.54, 1.807) is 0 Å². The third kappa shape index (κ3) is 3.34. The molecule has 7 heteroatoms. The van der Waals surface area contributed by atoms with E-state index in [1.807, 2.05) is 6.92 Å². The van der Waals surface area contributed by atoms with Gasteiger partial charge in [0.05, 0.1) is 23.9 Å². The summed E-state index contributed by atoms with van der Waals surface area (Å²) in [6, 6.07) is 0. The van der Waals surface area contributed by atoms with Crippen molar-refractivity contribution in [1.29, 1.82) is 0 Å². The van der Waals surface area contributed by atoms with Crippen LogP contribution in [0.4, 0.5) is 4.39 Å². The Labute approximate surface area is 188 Å². The highest BCUT2D eigenvalue weighted by Crippen LogP contribution is 2.66. The highest BCUT2D eigenvalue weighted by atomic mass is 19.1. The van der Waals surface area contributed by atoms with Crippen LogP contribution < -0.4 is 0 Å². The smallest absolute Gasteiger partial charge is 0.338 e. The molecule has 0 unspecified atom stereocenters. The Morgan fingerprint density at radius 1 is 1.12 bits per heavy atom. The predicted molar refractivity (Wildman–Crippen MR) is 116 cm³/mol. The lowest BCUT2D eigenvalue weighted by molar-refractivity contribution is -0.166. The Balaban J connectivity index is 1.32. The summed E-state index contributed by atoms with van der Waals surface area (Å²) in [4.78, 5) is 24.4. The van der Waals surface area contributed by atoms with E-state index < -0.39 is 17.2 Å². The summed E-state index contributed by atoms with van der Waals surface area (Å²) in [5, 5.41) is 23.7. The maximum atomic E-state index is 16.5. The monoisotopic (exact) mass is 446 g/mol. The van der Waals surface area contributed by atoms with Crippen molar-refractivity contribution in [2.45, 2.75) is 89.4 Å². The molecule has 4 aliphatic rings. The quantitative estimate of drug-likeness (QED) is 0.721. The van der Waals surface area contributed by atoms with Gasteiger partial charge in [0, 0.05) is 12.1 Å². The molecule has 0 bridgehead atoms. The van der Waals surface area contributed by atoms with E-state index in [1.165, 1.54) is 17.1 Å². The van der Waals surface area contributed by atoms with Crippen molar-refractivity contribution in [3.05, 3.63) is 18.0 Å². The lowest BCUT2D eigenvalue weighted by Crippen LogP contribution is -2.58. The Kier molecular flexibility index (Phi) is 5.08. The number of fused-ring (bicyclic) bond motifs is 5. The van der Waals surface area contributed by atoms with E-state index in [0.717, 1.165) is 38.5 Å². The van der Waals surface area contributed by atoms with Gasteiger partial charge in [-0.3, -0.25) is 9.48 Å². The summed E-state index contributed by atoms with van der Waals surface area (Å²) in [7, 11) is 0. The average Bonchev–Trinajstić information content (AvgIpc) is 3.32. The molecule has 1 aromatic rings. The molecular formula is C25H35FN2O4. The van der Waals surface area contributed by atoms with Gasteiger partial charge in [-0.15, -0.1) is 0 Å². The highest BCUT2D eigenvalue weighted by molar-refractivity contribution is 5.87. The Morgan fingerprint density at radius 2 is 1.91 bits per heavy atom. The Hall–Kier alpha value is -1.76. The van der Waals surface area contributed by atoms with Crippen LogP contribution in [0.1, 0.15) is 82.0 Å². The van der Waals surface area contributed by atoms with Gasteiger partial charge in [0.25, 0.3) is 0 Å². The SMILES string of the molecule is C[C@@]1(O)CC[C@@]2(F)[C@H](CC[C@H]3[C@@H]4CC[C@H](C(=O)Cn5cc(C(=O)O)cn5)[C@@]4(C)CC[C@@H]32)C1. The number of carbonyl (C=O) groups is 2. The lowest BCUT2D eigenvalue weighted by atomic mass is 9.48. The van der Waals surface area contributed by atoms with Crippen LogP contribution in [0.3, 0.4) is 0 Å². The van der Waals surface area contributed by atoms with E-state index in [2.05, 4.69) is 12.0 Å². The van der Waals surface area contributed by atoms with E-state index in [4.69, 9.17) is 5.11 Å². The molecule has 6 nitrogen and oxygen atoms in total. The van der Waals surface area contributed by atoms with Gasteiger partial charge in [-0.05, 0) is 93.8 Å². The molecule has 0 amide bonds. The van der Waals surface area contributed by atoms with E-state index in [9.17, 15) is 14.7 Å². The fraction of sp³-hybridized carbons (Fsp3) is 0.800. The van der Waals surface area contributed by atoms with Gasteiger partial charge in [-0.25, -0.2) is 9.18 Å². The van der Waals surface area contributed by atoms with E-state index in [0.29, 0.717) is 31.1 Å². The van der Waals surface area contributed by atoms with E-state index in [-0.39, 0.29) is 41.1 Å². The van der Waals surface area contributed by atoms with Crippen LogP contribution in [-0.4, -0.2) is 43.0 Å². The number of rotatable bonds is 4. The number of aliphatic hydroxyl groups is 1. The molecule has 4 saturated carbocycles. The molecule has 0 aromatic carbocycles. The van der Waals surface area contributed by atoms with Crippen molar-refractivity contribution in [3.8, 4) is 0 Å². The van der Waals surface area contributed by atoms with Gasteiger partial charge in [0.1, 0.15) is 5.67 Å². The third-order valence-electron chi connectivity index (χ3n) is 9.90. The first kappa shape index (κ1) is 22.1. The van der Waals surface area contributed by atoms with Crippen molar-refractivity contribution in [3.63, 3.8) is 0 Å². The number of carboxylic acids is 1. The molecule has 4 aliphatic carbocycles. The number of halogens is 1. The maximum Gasteiger partial charge on any atom is 0.338 e. The van der Waals surface area contributed by atoms with Crippen LogP contribution >= 0.6 is 0 Å². The topological polar surface area (TPSA) is 92.4 Å². The zero-order valence-corrected chi connectivity index (χ0v) is 19.1. The van der Waals surface area contributed by atoms with Crippen molar-refractivity contribution in [2.75, 3.05) is 0 Å². The molecule has 176 valence electrons. The number of hydrogen-bond donors (Lipinski definition) is 2. The summed E-state index contributed by atoms with van der Waals surface area (Å²) in [5.74, 6) is -0.322. The fourth-order valence-corrected chi connectivity index (χ4v) is 8.34. The minimum Gasteiger partial charge on any atom is -0.478 e. The van der Waals surface area contributed by atoms with Crippen molar-refractivity contribution in [2.24, 2.45) is 35.0 Å². The molecule has 2 N–H and O–H groups in total. The molecule has 0 aliphatic heterocycles. The minimum atomic E-state index is -1.17. The van der Waals surface area contributed by atoms with Crippen LogP contribution in [0.25, 0.3) is 0 Å². The number of Topliss-reactive ketones (excluding diaryl/α,β-unsaturated/α-hetero) is 1. The van der Waals surface area contributed by atoms with Gasteiger partial charge in [-0.2, -0.15) is 5.10 Å². The summed E-state index contributed by atoms with van der Waals surface area (Å²) in [6.07, 6.45) is 9.57. The van der Waals surface area contributed by atoms with Crippen LogP contribution in [0.5, 0.6) is 0 Å². The third-order valence-corrected chi connectivity index (χ3v) is 9.90. The summed E-state index contributed by atoms with van der Waals surface area (Å²) in [5.41, 5.74) is -1.94. The maximum absolute atomic E-state index is 16.5. The second kappa shape index (κ2) is 7.37. The van der Waals surface area contributed by atoms with Gasteiger partial charge in [-0.1, -0.05) is 6.92 Å². The van der Waals surface area contributed by atoms with Crippen LogP contribution in [0, 0.1) is 35.0 Å². The summed E-state index contributed by atoms with van der Waals surface area (Å²) >= 11 is 0. The Bertz CT molecular complexity index is 929. The number of aromatic nitrogens is 2. The fourth-order valence-electron chi connectivity index (χ4n) is 8.34. The number of carbonyl (C=O) groups excluding carboxylic acids is 1. The first-order valence-electron chi connectivity index (χ1n) is 12.2. The van der Waals surface area contributed by atoms with Gasteiger partial charge in [0.15, 0.2) is 5.78 Å². The second-order valence-corrected chi connectivity index (χ2v) is 11.7. The summed E-state index contributed by atoms with van der Waals surface area (Å²) < 4.78 is 17.9. The first-order valence-corrected chi connectivity index (χ1v) is 12.2. The number of hydrogen-bond acceptors (Lipinski definition) is 4. The minimum absolute atomic E-state index is 0.0427. The van der Waals surface area contributed by atoms with Crippen LogP contribution in [0.15, 0.2) is 12.4 Å².